The summed E-state index contributed by atoms with van der Waals surface area (Å²) in [7, 11) is 0. The van der Waals surface area contributed by atoms with Crippen LogP contribution in [0.5, 0.6) is 0 Å². The third kappa shape index (κ3) is 2.81. The molecule has 0 amide bonds. The van der Waals surface area contributed by atoms with E-state index in [4.69, 9.17) is 16.6 Å². The summed E-state index contributed by atoms with van der Waals surface area (Å²) in [5, 5.41) is 0.708. The van der Waals surface area contributed by atoms with Gasteiger partial charge in [-0.3, -0.25) is 9.88 Å². The molecule has 4 aromatic rings. The van der Waals surface area contributed by atoms with Gasteiger partial charge in [-0.1, -0.05) is 11.6 Å². The molecule has 5 heterocycles. The van der Waals surface area contributed by atoms with Crippen molar-refractivity contribution in [1.29, 1.82) is 0 Å². The summed E-state index contributed by atoms with van der Waals surface area (Å²) in [6.45, 7) is 3.77. The SMILES string of the molecule is Cc1nc2ccc(Cl)cn2c1CN1CCc2[nH]cnc2[C@@H]1c1ccncc1. The number of fused-ring (bicyclic) bond motifs is 2. The maximum absolute atomic E-state index is 6.24. The molecular formula is C20H19ClN6. The van der Waals surface area contributed by atoms with Crippen LogP contribution < -0.4 is 0 Å². The van der Waals surface area contributed by atoms with E-state index in [1.165, 1.54) is 11.3 Å². The average Bonchev–Trinajstić information content (AvgIpc) is 3.27. The van der Waals surface area contributed by atoms with Gasteiger partial charge in [0, 0.05) is 43.8 Å². The molecule has 0 aromatic carbocycles. The number of aryl methyl sites for hydroxylation is 1. The fraction of sp³-hybridized carbons (Fsp3) is 0.250. The fourth-order valence-corrected chi connectivity index (χ4v) is 4.14. The molecule has 0 bridgehead atoms. The number of pyridine rings is 2. The van der Waals surface area contributed by atoms with Gasteiger partial charge < -0.3 is 9.38 Å². The van der Waals surface area contributed by atoms with E-state index in [-0.39, 0.29) is 6.04 Å². The van der Waals surface area contributed by atoms with E-state index in [1.807, 2.05) is 30.7 Å². The number of hydrogen-bond acceptors (Lipinski definition) is 4. The Balaban J connectivity index is 1.58. The quantitative estimate of drug-likeness (QED) is 0.592. The van der Waals surface area contributed by atoms with Crippen LogP contribution in [-0.4, -0.2) is 35.8 Å². The van der Waals surface area contributed by atoms with Crippen molar-refractivity contribution < 1.29 is 0 Å². The van der Waals surface area contributed by atoms with Crippen LogP contribution in [0.25, 0.3) is 5.65 Å². The number of aromatic amines is 1. The van der Waals surface area contributed by atoms with E-state index >= 15 is 0 Å². The molecule has 1 aliphatic rings. The molecule has 7 heteroatoms. The summed E-state index contributed by atoms with van der Waals surface area (Å²) >= 11 is 6.24. The molecule has 27 heavy (non-hydrogen) atoms. The first kappa shape index (κ1) is 16.5. The van der Waals surface area contributed by atoms with Crippen molar-refractivity contribution in [2.24, 2.45) is 0 Å². The van der Waals surface area contributed by atoms with Crippen molar-refractivity contribution >= 4 is 17.2 Å². The lowest BCUT2D eigenvalue weighted by atomic mass is 9.96. The van der Waals surface area contributed by atoms with E-state index < -0.39 is 0 Å². The van der Waals surface area contributed by atoms with Gasteiger partial charge in [-0.2, -0.15) is 0 Å². The zero-order valence-electron chi connectivity index (χ0n) is 14.9. The van der Waals surface area contributed by atoms with Crippen molar-refractivity contribution in [2.45, 2.75) is 25.9 Å². The Morgan fingerprint density at radius 2 is 2.07 bits per heavy atom. The highest BCUT2D eigenvalue weighted by Crippen LogP contribution is 2.34. The largest absolute Gasteiger partial charge is 0.348 e. The number of H-pyrrole nitrogens is 1. The van der Waals surface area contributed by atoms with Gasteiger partial charge in [-0.15, -0.1) is 0 Å². The van der Waals surface area contributed by atoms with Crippen molar-refractivity contribution in [2.75, 3.05) is 6.54 Å². The fourth-order valence-electron chi connectivity index (χ4n) is 3.98. The summed E-state index contributed by atoms with van der Waals surface area (Å²) in [6.07, 6.45) is 8.37. The van der Waals surface area contributed by atoms with E-state index in [1.54, 1.807) is 6.33 Å². The Morgan fingerprint density at radius 1 is 1.22 bits per heavy atom. The summed E-state index contributed by atoms with van der Waals surface area (Å²) < 4.78 is 2.10. The molecule has 0 saturated heterocycles. The number of rotatable bonds is 3. The highest BCUT2D eigenvalue weighted by molar-refractivity contribution is 6.30. The zero-order chi connectivity index (χ0) is 18.4. The highest BCUT2D eigenvalue weighted by atomic mass is 35.5. The second kappa shape index (κ2) is 6.48. The Labute approximate surface area is 161 Å². The Bertz CT molecular complexity index is 1100. The predicted octanol–water partition coefficient (Wildman–Crippen LogP) is 3.56. The Hall–Kier alpha value is -2.70. The molecule has 0 aliphatic carbocycles. The first-order valence-corrected chi connectivity index (χ1v) is 9.37. The monoisotopic (exact) mass is 378 g/mol. The van der Waals surface area contributed by atoms with Crippen molar-refractivity contribution in [3.63, 3.8) is 0 Å². The van der Waals surface area contributed by atoms with E-state index in [0.29, 0.717) is 5.02 Å². The predicted molar refractivity (Wildman–Crippen MR) is 104 cm³/mol. The van der Waals surface area contributed by atoms with Crippen molar-refractivity contribution in [3.05, 3.63) is 82.5 Å². The molecule has 136 valence electrons. The smallest absolute Gasteiger partial charge is 0.137 e. The maximum atomic E-state index is 6.24. The lowest BCUT2D eigenvalue weighted by Gasteiger charge is -2.35. The van der Waals surface area contributed by atoms with Crippen LogP contribution in [0.1, 0.15) is 34.4 Å². The van der Waals surface area contributed by atoms with Crippen LogP contribution in [0.4, 0.5) is 0 Å². The van der Waals surface area contributed by atoms with Gasteiger partial charge in [-0.25, -0.2) is 9.97 Å². The molecule has 0 saturated carbocycles. The summed E-state index contributed by atoms with van der Waals surface area (Å²) in [5.74, 6) is 0. The summed E-state index contributed by atoms with van der Waals surface area (Å²) in [4.78, 5) is 19.3. The van der Waals surface area contributed by atoms with Gasteiger partial charge in [-0.05, 0) is 36.8 Å². The molecule has 0 fully saturated rings. The second-order valence-electron chi connectivity index (χ2n) is 6.89. The number of imidazole rings is 2. The lowest BCUT2D eigenvalue weighted by Crippen LogP contribution is -2.36. The van der Waals surface area contributed by atoms with Crippen LogP contribution in [0.15, 0.2) is 49.2 Å². The van der Waals surface area contributed by atoms with Gasteiger partial charge in [0.15, 0.2) is 0 Å². The molecule has 5 rings (SSSR count). The standard InChI is InChI=1S/C20H19ClN6/c1-13-17(27-10-15(21)2-3-18(27)25-13)11-26-9-6-16-19(24-12-23-16)20(26)14-4-7-22-8-5-14/h2-5,7-8,10,12,20H,6,9,11H2,1H3,(H,23,24)/t20-/m0/s1. The van der Waals surface area contributed by atoms with Crippen LogP contribution in [0.3, 0.4) is 0 Å². The lowest BCUT2D eigenvalue weighted by molar-refractivity contribution is 0.197. The number of hydrogen-bond donors (Lipinski definition) is 1. The second-order valence-corrected chi connectivity index (χ2v) is 7.33. The normalized spacial score (nSPS) is 17.3. The maximum Gasteiger partial charge on any atom is 0.137 e. The summed E-state index contributed by atoms with van der Waals surface area (Å²) in [5.41, 5.74) is 6.61. The molecular weight excluding hydrogens is 360 g/mol. The third-order valence-electron chi connectivity index (χ3n) is 5.28. The van der Waals surface area contributed by atoms with Crippen LogP contribution in [0, 0.1) is 6.92 Å². The van der Waals surface area contributed by atoms with Crippen LogP contribution >= 0.6 is 11.6 Å². The minimum Gasteiger partial charge on any atom is -0.348 e. The Kier molecular flexibility index (Phi) is 3.95. The van der Waals surface area contributed by atoms with Gasteiger partial charge >= 0.3 is 0 Å². The first-order valence-electron chi connectivity index (χ1n) is 9.00. The molecule has 1 atom stereocenters. The number of nitrogens with zero attached hydrogens (tertiary/aromatic N) is 5. The van der Waals surface area contributed by atoms with Gasteiger partial charge in [0.1, 0.15) is 5.65 Å². The zero-order valence-corrected chi connectivity index (χ0v) is 15.7. The Morgan fingerprint density at radius 3 is 2.93 bits per heavy atom. The van der Waals surface area contributed by atoms with Crippen LogP contribution in [0.2, 0.25) is 5.02 Å². The molecule has 0 spiro atoms. The topological polar surface area (TPSA) is 62.1 Å². The third-order valence-corrected chi connectivity index (χ3v) is 5.50. The molecule has 0 radical (unpaired) electrons. The van der Waals surface area contributed by atoms with Gasteiger partial charge in [0.2, 0.25) is 0 Å². The van der Waals surface area contributed by atoms with Gasteiger partial charge in [0.25, 0.3) is 0 Å². The van der Waals surface area contributed by atoms with E-state index in [2.05, 4.69) is 43.3 Å². The van der Waals surface area contributed by atoms with Crippen molar-refractivity contribution in [3.8, 4) is 0 Å². The highest BCUT2D eigenvalue weighted by Gasteiger charge is 2.31. The van der Waals surface area contributed by atoms with E-state index in [0.717, 1.165) is 42.2 Å². The van der Waals surface area contributed by atoms with Crippen molar-refractivity contribution in [1.82, 2.24) is 29.2 Å². The first-order chi connectivity index (χ1) is 13.2. The average molecular weight is 379 g/mol. The number of halogens is 1. The minimum atomic E-state index is 0.0899. The minimum absolute atomic E-state index is 0.0899. The molecule has 4 aromatic heterocycles. The number of aromatic nitrogens is 5. The summed E-state index contributed by atoms with van der Waals surface area (Å²) in [6, 6.07) is 8.07. The molecule has 1 aliphatic heterocycles. The van der Waals surface area contributed by atoms with Gasteiger partial charge in [0.05, 0.1) is 34.5 Å². The number of nitrogens with one attached hydrogen (secondary N) is 1. The van der Waals surface area contributed by atoms with Crippen LogP contribution in [-0.2, 0) is 13.0 Å². The molecule has 0 unspecified atom stereocenters. The van der Waals surface area contributed by atoms with E-state index in [9.17, 15) is 0 Å². The molecule has 6 nitrogen and oxygen atoms in total. The molecule has 1 N–H and O–H groups in total.